The second kappa shape index (κ2) is 7.23. The van der Waals surface area contributed by atoms with Crippen LogP contribution in [0.1, 0.15) is 58.2 Å². The van der Waals surface area contributed by atoms with Crippen LogP contribution in [0.5, 0.6) is 0 Å². The molecule has 0 amide bonds. The molecule has 1 saturated heterocycles. The van der Waals surface area contributed by atoms with E-state index in [0.717, 1.165) is 25.7 Å². The molecule has 0 spiro atoms. The Morgan fingerprint density at radius 2 is 2.15 bits per heavy atom. The van der Waals surface area contributed by atoms with Crippen molar-refractivity contribution >= 4 is 0 Å². The molecular formula is C16H29N3O. The molecule has 114 valence electrons. The quantitative estimate of drug-likeness (QED) is 0.834. The van der Waals surface area contributed by atoms with Gasteiger partial charge in [-0.1, -0.05) is 13.8 Å². The smallest absolute Gasteiger partial charge is 0.0736 e. The summed E-state index contributed by atoms with van der Waals surface area (Å²) in [5, 5.41) is 8.16. The first-order valence-electron chi connectivity index (χ1n) is 8.04. The summed E-state index contributed by atoms with van der Waals surface area (Å²) in [6.07, 6.45) is 8.39. The van der Waals surface area contributed by atoms with Gasteiger partial charge in [0.05, 0.1) is 23.9 Å². The first kappa shape index (κ1) is 15.5. The molecule has 20 heavy (non-hydrogen) atoms. The third-order valence-electron chi connectivity index (χ3n) is 4.49. The van der Waals surface area contributed by atoms with Crippen molar-refractivity contribution in [2.45, 2.75) is 77.2 Å². The lowest BCUT2D eigenvalue weighted by molar-refractivity contribution is 0.0335. The van der Waals surface area contributed by atoms with Crippen molar-refractivity contribution < 1.29 is 4.74 Å². The van der Waals surface area contributed by atoms with Crippen molar-refractivity contribution in [3.63, 3.8) is 0 Å². The average Bonchev–Trinajstić information content (AvgIpc) is 3.07. The van der Waals surface area contributed by atoms with Crippen LogP contribution in [-0.4, -0.2) is 35.1 Å². The molecule has 1 N–H and O–H groups in total. The lowest BCUT2D eigenvalue weighted by atomic mass is 10.0. The predicted molar refractivity (Wildman–Crippen MR) is 82.0 cm³/mol. The normalized spacial score (nSPS) is 24.4. The van der Waals surface area contributed by atoms with Crippen LogP contribution in [0.3, 0.4) is 0 Å². The highest BCUT2D eigenvalue weighted by molar-refractivity contribution is 5.04. The number of hydrogen-bond donors (Lipinski definition) is 1. The van der Waals surface area contributed by atoms with E-state index in [1.54, 1.807) is 0 Å². The minimum Gasteiger partial charge on any atom is -0.374 e. The van der Waals surface area contributed by atoms with E-state index in [2.05, 4.69) is 43.0 Å². The molecule has 4 heteroatoms. The summed E-state index contributed by atoms with van der Waals surface area (Å²) in [5.41, 5.74) is 1.17. The van der Waals surface area contributed by atoms with E-state index < -0.39 is 0 Å². The molecular weight excluding hydrogens is 250 g/mol. The summed E-state index contributed by atoms with van der Waals surface area (Å²) in [4.78, 5) is 0. The summed E-state index contributed by atoms with van der Waals surface area (Å²) in [7, 11) is 2.02. The molecule has 1 aliphatic heterocycles. The van der Waals surface area contributed by atoms with Gasteiger partial charge in [0.1, 0.15) is 0 Å². The van der Waals surface area contributed by atoms with E-state index in [1.165, 1.54) is 12.1 Å². The van der Waals surface area contributed by atoms with Crippen molar-refractivity contribution in [2.24, 2.45) is 0 Å². The van der Waals surface area contributed by atoms with E-state index in [-0.39, 0.29) is 0 Å². The van der Waals surface area contributed by atoms with Crippen LogP contribution in [0.4, 0.5) is 0 Å². The number of aromatic nitrogens is 2. The molecule has 2 rings (SSSR count). The second-order valence-corrected chi connectivity index (χ2v) is 5.92. The molecule has 0 bridgehead atoms. The first-order valence-corrected chi connectivity index (χ1v) is 8.04. The Morgan fingerprint density at radius 3 is 2.70 bits per heavy atom. The summed E-state index contributed by atoms with van der Waals surface area (Å²) < 4.78 is 8.11. The standard InChI is InChI=1S/C16H29N3O/c1-5-14(6-2)19-10-9-13(18-19)11-15(17-4)16-8-7-12(3)20-16/h9-10,12,14-17H,5-8,11H2,1-4H3. The van der Waals surface area contributed by atoms with Gasteiger partial charge in [-0.3, -0.25) is 4.68 Å². The molecule has 0 saturated carbocycles. The van der Waals surface area contributed by atoms with Gasteiger partial charge in [-0.05, 0) is 45.7 Å². The first-order chi connectivity index (χ1) is 9.67. The molecule has 3 atom stereocenters. The number of nitrogens with one attached hydrogen (secondary N) is 1. The number of nitrogens with zero attached hydrogens (tertiary/aromatic N) is 2. The van der Waals surface area contributed by atoms with Crippen molar-refractivity contribution in [2.75, 3.05) is 7.05 Å². The van der Waals surface area contributed by atoms with Crippen LogP contribution >= 0.6 is 0 Å². The maximum absolute atomic E-state index is 5.99. The summed E-state index contributed by atoms with van der Waals surface area (Å²) in [6.45, 7) is 6.61. The largest absolute Gasteiger partial charge is 0.374 e. The Labute approximate surface area is 122 Å². The molecule has 0 aromatic carbocycles. The Morgan fingerprint density at radius 1 is 1.40 bits per heavy atom. The molecule has 1 aromatic rings. The molecule has 1 aromatic heterocycles. The lowest BCUT2D eigenvalue weighted by Crippen LogP contribution is -2.39. The van der Waals surface area contributed by atoms with Gasteiger partial charge in [0.25, 0.3) is 0 Å². The van der Waals surface area contributed by atoms with Crippen molar-refractivity contribution in [1.29, 1.82) is 0 Å². The van der Waals surface area contributed by atoms with E-state index >= 15 is 0 Å². The lowest BCUT2D eigenvalue weighted by Gasteiger charge is -2.22. The molecule has 3 unspecified atom stereocenters. The maximum atomic E-state index is 5.99. The zero-order valence-corrected chi connectivity index (χ0v) is 13.3. The zero-order valence-electron chi connectivity index (χ0n) is 13.3. The minimum atomic E-state index is 0.327. The Balaban J connectivity index is 1.97. The fourth-order valence-corrected chi connectivity index (χ4v) is 3.13. The monoisotopic (exact) mass is 279 g/mol. The fraction of sp³-hybridized carbons (Fsp3) is 0.812. The summed E-state index contributed by atoms with van der Waals surface area (Å²) in [6, 6.07) is 3.05. The van der Waals surface area contributed by atoms with Gasteiger partial charge in [0, 0.05) is 18.7 Å². The topological polar surface area (TPSA) is 39.1 Å². The summed E-state index contributed by atoms with van der Waals surface area (Å²) in [5.74, 6) is 0. The zero-order chi connectivity index (χ0) is 14.5. The van der Waals surface area contributed by atoms with Crippen molar-refractivity contribution in [1.82, 2.24) is 15.1 Å². The van der Waals surface area contributed by atoms with E-state index in [0.29, 0.717) is 24.3 Å². The molecule has 2 heterocycles. The average molecular weight is 279 g/mol. The van der Waals surface area contributed by atoms with E-state index in [4.69, 9.17) is 9.84 Å². The molecule has 0 aliphatic carbocycles. The number of rotatable bonds is 7. The van der Waals surface area contributed by atoms with Crippen molar-refractivity contribution in [3.05, 3.63) is 18.0 Å². The number of ether oxygens (including phenoxy) is 1. The summed E-state index contributed by atoms with van der Waals surface area (Å²) >= 11 is 0. The molecule has 1 aliphatic rings. The highest BCUT2D eigenvalue weighted by Gasteiger charge is 2.29. The fourth-order valence-electron chi connectivity index (χ4n) is 3.13. The van der Waals surface area contributed by atoms with Crippen LogP contribution in [-0.2, 0) is 11.2 Å². The highest BCUT2D eigenvalue weighted by atomic mass is 16.5. The van der Waals surface area contributed by atoms with Gasteiger partial charge in [-0.25, -0.2) is 0 Å². The highest BCUT2D eigenvalue weighted by Crippen LogP contribution is 2.23. The predicted octanol–water partition coefficient (Wildman–Crippen LogP) is 2.94. The molecule has 0 radical (unpaired) electrons. The Bertz CT molecular complexity index is 400. The van der Waals surface area contributed by atoms with Crippen LogP contribution in [0, 0.1) is 0 Å². The number of hydrogen-bond acceptors (Lipinski definition) is 3. The minimum absolute atomic E-state index is 0.327. The number of likely N-dealkylation sites (N-methyl/N-ethyl adjacent to an activating group) is 1. The van der Waals surface area contributed by atoms with Crippen molar-refractivity contribution in [3.8, 4) is 0 Å². The Hall–Kier alpha value is -0.870. The van der Waals surface area contributed by atoms with E-state index in [1.807, 2.05) is 7.05 Å². The van der Waals surface area contributed by atoms with Gasteiger partial charge in [-0.2, -0.15) is 5.10 Å². The van der Waals surface area contributed by atoms with E-state index in [9.17, 15) is 0 Å². The van der Waals surface area contributed by atoms with Gasteiger partial charge in [0.2, 0.25) is 0 Å². The van der Waals surface area contributed by atoms with Gasteiger partial charge in [0.15, 0.2) is 0 Å². The second-order valence-electron chi connectivity index (χ2n) is 5.92. The molecule has 1 fully saturated rings. The maximum Gasteiger partial charge on any atom is 0.0736 e. The van der Waals surface area contributed by atoms with Gasteiger partial charge in [-0.15, -0.1) is 0 Å². The third kappa shape index (κ3) is 3.61. The third-order valence-corrected chi connectivity index (χ3v) is 4.49. The van der Waals surface area contributed by atoms with Gasteiger partial charge >= 0.3 is 0 Å². The van der Waals surface area contributed by atoms with Crippen LogP contribution in [0.15, 0.2) is 12.3 Å². The molecule has 4 nitrogen and oxygen atoms in total. The van der Waals surface area contributed by atoms with Crippen LogP contribution in [0.25, 0.3) is 0 Å². The van der Waals surface area contributed by atoms with Gasteiger partial charge < -0.3 is 10.1 Å². The SMILES string of the molecule is CCC(CC)n1ccc(CC(NC)C2CCC(C)O2)n1. The van der Waals surface area contributed by atoms with Crippen LogP contribution in [0.2, 0.25) is 0 Å². The van der Waals surface area contributed by atoms with Crippen LogP contribution < -0.4 is 5.32 Å². The Kier molecular flexibility index (Phi) is 5.61.